The molecule has 1 saturated heterocycles. The highest BCUT2D eigenvalue weighted by molar-refractivity contribution is 7.10. The number of likely N-dealkylation sites (tertiary alicyclic amines) is 1. The number of piperidine rings is 1. The maximum absolute atomic E-state index is 13.0. The third kappa shape index (κ3) is 2.92. The Balaban J connectivity index is 1.59. The number of rotatable bonds is 4. The molecule has 5 nitrogen and oxygen atoms in total. The van der Waals surface area contributed by atoms with E-state index in [1.165, 1.54) is 4.88 Å². The van der Waals surface area contributed by atoms with Gasteiger partial charge in [-0.25, -0.2) is 4.79 Å². The third-order valence-electron chi connectivity index (χ3n) is 5.51. The van der Waals surface area contributed by atoms with Gasteiger partial charge in [-0.2, -0.15) is 0 Å². The molecule has 1 aromatic rings. The first kappa shape index (κ1) is 17.3. The van der Waals surface area contributed by atoms with Crippen molar-refractivity contribution in [2.45, 2.75) is 51.5 Å². The standard InChI is InChI=1S/C18H27N3O2S/c1-4-19-16(23)21-9-7-13(8-10-21)20-15(22)18(12-17(18,2)3)14-6-5-11-24-14/h5-6,11,13H,4,7-10,12H2,1-3H3,(H,19,23)(H,20,22). The number of carbonyl (C=O) groups excluding carboxylic acids is 2. The summed E-state index contributed by atoms with van der Waals surface area (Å²) < 4.78 is 0. The first-order valence-electron chi connectivity index (χ1n) is 8.78. The maximum atomic E-state index is 13.0. The lowest BCUT2D eigenvalue weighted by Crippen LogP contribution is -2.51. The average molecular weight is 350 g/mol. The van der Waals surface area contributed by atoms with Crippen molar-refractivity contribution in [2.24, 2.45) is 5.41 Å². The quantitative estimate of drug-likeness (QED) is 0.878. The first-order chi connectivity index (χ1) is 11.4. The van der Waals surface area contributed by atoms with E-state index in [2.05, 4.69) is 30.5 Å². The van der Waals surface area contributed by atoms with Crippen molar-refractivity contribution in [1.29, 1.82) is 0 Å². The number of nitrogens with zero attached hydrogens (tertiary/aromatic N) is 1. The second kappa shape index (κ2) is 6.39. The minimum Gasteiger partial charge on any atom is -0.352 e. The Hall–Kier alpha value is -1.56. The minimum atomic E-state index is -0.363. The molecule has 1 aromatic heterocycles. The van der Waals surface area contributed by atoms with Gasteiger partial charge in [-0.15, -0.1) is 11.3 Å². The van der Waals surface area contributed by atoms with Crippen molar-refractivity contribution in [3.8, 4) is 0 Å². The van der Waals surface area contributed by atoms with Gasteiger partial charge in [-0.1, -0.05) is 19.9 Å². The van der Waals surface area contributed by atoms with Gasteiger partial charge < -0.3 is 15.5 Å². The molecule has 1 saturated carbocycles. The minimum absolute atomic E-state index is 0.000610. The van der Waals surface area contributed by atoms with Gasteiger partial charge in [-0.3, -0.25) is 4.79 Å². The Kier molecular flexibility index (Phi) is 4.60. The maximum Gasteiger partial charge on any atom is 0.317 e. The number of carbonyl (C=O) groups is 2. The fraction of sp³-hybridized carbons (Fsp3) is 0.667. The number of nitrogens with one attached hydrogen (secondary N) is 2. The van der Waals surface area contributed by atoms with Gasteiger partial charge in [-0.05, 0) is 43.0 Å². The molecule has 0 spiro atoms. The van der Waals surface area contributed by atoms with Gasteiger partial charge in [0.05, 0.1) is 5.41 Å². The summed E-state index contributed by atoms with van der Waals surface area (Å²) in [5.74, 6) is 0.159. The lowest BCUT2D eigenvalue weighted by atomic mass is 9.92. The number of hydrogen-bond acceptors (Lipinski definition) is 3. The summed E-state index contributed by atoms with van der Waals surface area (Å²) in [6, 6.07) is 4.27. The lowest BCUT2D eigenvalue weighted by molar-refractivity contribution is -0.125. The Morgan fingerprint density at radius 3 is 2.50 bits per heavy atom. The molecular formula is C18H27N3O2S. The highest BCUT2D eigenvalue weighted by Crippen LogP contribution is 2.65. The molecule has 6 heteroatoms. The lowest BCUT2D eigenvalue weighted by Gasteiger charge is -2.33. The zero-order valence-corrected chi connectivity index (χ0v) is 15.5. The van der Waals surface area contributed by atoms with Crippen molar-refractivity contribution in [3.05, 3.63) is 22.4 Å². The molecule has 0 bridgehead atoms. The molecular weight excluding hydrogens is 322 g/mol. The van der Waals surface area contributed by atoms with Crippen LogP contribution < -0.4 is 10.6 Å². The van der Waals surface area contributed by atoms with Crippen LogP contribution in [0, 0.1) is 5.41 Å². The Morgan fingerprint density at radius 2 is 2.00 bits per heavy atom. The van der Waals surface area contributed by atoms with Gasteiger partial charge in [0.1, 0.15) is 0 Å². The smallest absolute Gasteiger partial charge is 0.317 e. The molecule has 3 rings (SSSR count). The van der Waals surface area contributed by atoms with Crippen LogP contribution in [0.2, 0.25) is 0 Å². The van der Waals surface area contributed by atoms with E-state index in [1.54, 1.807) is 11.3 Å². The van der Waals surface area contributed by atoms with E-state index in [0.29, 0.717) is 19.6 Å². The summed E-state index contributed by atoms with van der Waals surface area (Å²) >= 11 is 1.67. The molecule has 1 atom stereocenters. The number of thiophene rings is 1. The SMILES string of the molecule is CCNC(=O)N1CCC(NC(=O)C2(c3cccs3)CC2(C)C)CC1. The van der Waals surface area contributed by atoms with Gasteiger partial charge in [0.2, 0.25) is 5.91 Å². The van der Waals surface area contributed by atoms with Crippen LogP contribution in [-0.2, 0) is 10.2 Å². The Labute approximate surface area is 147 Å². The van der Waals surface area contributed by atoms with Gasteiger partial charge in [0, 0.05) is 30.6 Å². The van der Waals surface area contributed by atoms with E-state index in [1.807, 2.05) is 23.3 Å². The molecule has 1 aliphatic carbocycles. The molecule has 0 radical (unpaired) electrons. The van der Waals surface area contributed by atoms with Crippen molar-refractivity contribution in [2.75, 3.05) is 19.6 Å². The molecule has 3 amide bonds. The van der Waals surface area contributed by atoms with Gasteiger partial charge >= 0.3 is 6.03 Å². The predicted molar refractivity (Wildman–Crippen MR) is 96.2 cm³/mol. The van der Waals surface area contributed by atoms with Gasteiger partial charge in [0.15, 0.2) is 0 Å². The highest BCUT2D eigenvalue weighted by Gasteiger charge is 2.67. The van der Waals surface area contributed by atoms with Crippen LogP contribution in [0.15, 0.2) is 17.5 Å². The summed E-state index contributed by atoms with van der Waals surface area (Å²) in [7, 11) is 0. The summed E-state index contributed by atoms with van der Waals surface area (Å²) in [6.45, 7) is 8.31. The molecule has 132 valence electrons. The zero-order chi connectivity index (χ0) is 17.4. The second-order valence-corrected chi connectivity index (χ2v) is 8.46. The van der Waals surface area contributed by atoms with Crippen LogP contribution in [0.5, 0.6) is 0 Å². The van der Waals surface area contributed by atoms with Gasteiger partial charge in [0.25, 0.3) is 0 Å². The van der Waals surface area contributed by atoms with E-state index in [0.717, 1.165) is 19.3 Å². The Bertz CT molecular complexity index is 606. The van der Waals surface area contributed by atoms with E-state index < -0.39 is 0 Å². The van der Waals surface area contributed by atoms with E-state index >= 15 is 0 Å². The topological polar surface area (TPSA) is 61.4 Å². The number of urea groups is 1. The summed E-state index contributed by atoms with van der Waals surface area (Å²) in [6.07, 6.45) is 2.55. The van der Waals surface area contributed by atoms with Crippen molar-refractivity contribution in [1.82, 2.24) is 15.5 Å². The molecule has 2 N–H and O–H groups in total. The van der Waals surface area contributed by atoms with Crippen LogP contribution in [0.1, 0.15) is 44.9 Å². The molecule has 0 aromatic carbocycles. The summed E-state index contributed by atoms with van der Waals surface area (Å²) in [5.41, 5.74) is -0.346. The predicted octanol–water partition coefficient (Wildman–Crippen LogP) is 2.73. The molecule has 24 heavy (non-hydrogen) atoms. The molecule has 2 fully saturated rings. The Morgan fingerprint density at radius 1 is 1.33 bits per heavy atom. The number of amides is 3. The largest absolute Gasteiger partial charge is 0.352 e. The summed E-state index contributed by atoms with van der Waals surface area (Å²) in [4.78, 5) is 27.9. The van der Waals surface area contributed by atoms with Crippen molar-refractivity contribution in [3.63, 3.8) is 0 Å². The van der Waals surface area contributed by atoms with Crippen LogP contribution in [0.25, 0.3) is 0 Å². The molecule has 1 unspecified atom stereocenters. The van der Waals surface area contributed by atoms with Crippen LogP contribution in [0.4, 0.5) is 4.79 Å². The fourth-order valence-corrected chi connectivity index (χ4v) is 4.96. The molecule has 2 heterocycles. The van der Waals surface area contributed by atoms with Crippen molar-refractivity contribution >= 4 is 23.3 Å². The van der Waals surface area contributed by atoms with E-state index in [9.17, 15) is 9.59 Å². The molecule has 2 aliphatic rings. The number of hydrogen-bond donors (Lipinski definition) is 2. The normalized spacial score (nSPS) is 26.0. The first-order valence-corrected chi connectivity index (χ1v) is 9.66. The van der Waals surface area contributed by atoms with Crippen LogP contribution >= 0.6 is 11.3 Å². The average Bonchev–Trinajstić information content (AvgIpc) is 2.91. The second-order valence-electron chi connectivity index (χ2n) is 7.51. The summed E-state index contributed by atoms with van der Waals surface area (Å²) in [5, 5.41) is 8.15. The zero-order valence-electron chi connectivity index (χ0n) is 14.7. The van der Waals surface area contributed by atoms with E-state index in [-0.39, 0.29) is 28.8 Å². The van der Waals surface area contributed by atoms with E-state index in [4.69, 9.17) is 0 Å². The highest BCUT2D eigenvalue weighted by atomic mass is 32.1. The van der Waals surface area contributed by atoms with Crippen LogP contribution in [-0.4, -0.2) is 42.5 Å². The van der Waals surface area contributed by atoms with Crippen LogP contribution in [0.3, 0.4) is 0 Å². The fourth-order valence-electron chi connectivity index (χ4n) is 3.86. The third-order valence-corrected chi connectivity index (χ3v) is 6.54. The monoisotopic (exact) mass is 349 g/mol. The molecule has 1 aliphatic heterocycles. The van der Waals surface area contributed by atoms with Crippen molar-refractivity contribution < 1.29 is 9.59 Å².